The SMILES string of the molecule is CCCCCCCCCCCCCCC(C)Nc1ccc(C(=O)OC(C)(C)C(=O)OCCC)cc1. The Morgan fingerprint density at radius 2 is 1.31 bits per heavy atom. The van der Waals surface area contributed by atoms with Crippen molar-refractivity contribution in [2.75, 3.05) is 11.9 Å². The maximum absolute atomic E-state index is 12.5. The Kier molecular flexibility index (Phi) is 16.2. The molecule has 0 saturated heterocycles. The van der Waals surface area contributed by atoms with Crippen LogP contribution in [-0.4, -0.2) is 30.2 Å². The fourth-order valence-electron chi connectivity index (χ4n) is 4.05. The molecule has 1 aromatic rings. The van der Waals surface area contributed by atoms with Crippen LogP contribution in [0, 0.1) is 0 Å². The van der Waals surface area contributed by atoms with Gasteiger partial charge in [-0.25, -0.2) is 9.59 Å². The van der Waals surface area contributed by atoms with Crippen molar-refractivity contribution in [3.05, 3.63) is 29.8 Å². The number of ether oxygens (including phenoxy) is 2. The number of unbranched alkanes of at least 4 members (excludes halogenated alkanes) is 11. The van der Waals surface area contributed by atoms with E-state index < -0.39 is 17.5 Å². The van der Waals surface area contributed by atoms with Crippen molar-refractivity contribution in [3.8, 4) is 0 Å². The van der Waals surface area contributed by atoms with Gasteiger partial charge >= 0.3 is 11.9 Å². The van der Waals surface area contributed by atoms with Crippen LogP contribution < -0.4 is 5.32 Å². The molecule has 5 heteroatoms. The molecule has 0 amide bonds. The van der Waals surface area contributed by atoms with E-state index in [2.05, 4.69) is 19.2 Å². The van der Waals surface area contributed by atoms with Gasteiger partial charge in [-0.1, -0.05) is 90.9 Å². The topological polar surface area (TPSA) is 64.6 Å². The molecule has 35 heavy (non-hydrogen) atoms. The lowest BCUT2D eigenvalue weighted by molar-refractivity contribution is -0.162. The molecule has 0 heterocycles. The van der Waals surface area contributed by atoms with Crippen LogP contribution in [0.2, 0.25) is 0 Å². The van der Waals surface area contributed by atoms with Gasteiger partial charge in [-0.3, -0.25) is 0 Å². The maximum atomic E-state index is 12.5. The van der Waals surface area contributed by atoms with Gasteiger partial charge in [0.15, 0.2) is 0 Å². The van der Waals surface area contributed by atoms with Crippen LogP contribution in [0.15, 0.2) is 24.3 Å². The summed E-state index contributed by atoms with van der Waals surface area (Å²) in [5.41, 5.74) is 0.0847. The van der Waals surface area contributed by atoms with Crippen LogP contribution in [0.4, 0.5) is 5.69 Å². The first-order chi connectivity index (χ1) is 16.8. The Morgan fingerprint density at radius 3 is 1.83 bits per heavy atom. The van der Waals surface area contributed by atoms with E-state index in [0.717, 1.165) is 18.5 Å². The molecule has 1 aromatic carbocycles. The number of hydrogen-bond acceptors (Lipinski definition) is 5. The molecule has 0 aromatic heterocycles. The summed E-state index contributed by atoms with van der Waals surface area (Å²) in [6.07, 6.45) is 18.2. The second kappa shape index (κ2) is 18.3. The third-order valence-electron chi connectivity index (χ3n) is 6.30. The third kappa shape index (κ3) is 14.2. The zero-order valence-corrected chi connectivity index (χ0v) is 23.1. The Balaban J connectivity index is 2.21. The van der Waals surface area contributed by atoms with E-state index >= 15 is 0 Å². The van der Waals surface area contributed by atoms with Gasteiger partial charge in [0.2, 0.25) is 5.60 Å². The number of nitrogens with one attached hydrogen (secondary N) is 1. The number of rotatable bonds is 20. The predicted octanol–water partition coefficient (Wildman–Crippen LogP) is 8.47. The first-order valence-corrected chi connectivity index (χ1v) is 14.1. The summed E-state index contributed by atoms with van der Waals surface area (Å²) >= 11 is 0. The van der Waals surface area contributed by atoms with Gasteiger partial charge in [0.05, 0.1) is 12.2 Å². The van der Waals surface area contributed by atoms with E-state index in [1.807, 2.05) is 19.1 Å². The van der Waals surface area contributed by atoms with E-state index in [-0.39, 0.29) is 0 Å². The Hall–Kier alpha value is -2.04. The molecular formula is C30H51NO4. The summed E-state index contributed by atoms with van der Waals surface area (Å²) in [4.78, 5) is 24.5. The molecule has 0 aliphatic heterocycles. The van der Waals surface area contributed by atoms with Gasteiger partial charge in [0, 0.05) is 11.7 Å². The molecule has 0 aliphatic carbocycles. The molecule has 0 bridgehead atoms. The number of esters is 2. The number of anilines is 1. The Labute approximate surface area is 214 Å². The fourth-order valence-corrected chi connectivity index (χ4v) is 4.05. The zero-order valence-electron chi connectivity index (χ0n) is 23.1. The lowest BCUT2D eigenvalue weighted by Gasteiger charge is -2.23. The van der Waals surface area contributed by atoms with Crippen molar-refractivity contribution in [1.29, 1.82) is 0 Å². The highest BCUT2D eigenvalue weighted by molar-refractivity contribution is 5.92. The van der Waals surface area contributed by atoms with E-state index in [4.69, 9.17) is 9.47 Å². The smallest absolute Gasteiger partial charge is 0.350 e. The normalized spacial score (nSPS) is 12.3. The predicted molar refractivity (Wildman–Crippen MR) is 146 cm³/mol. The van der Waals surface area contributed by atoms with Crippen LogP contribution in [0.5, 0.6) is 0 Å². The minimum absolute atomic E-state index is 0.317. The minimum atomic E-state index is -1.31. The first-order valence-electron chi connectivity index (χ1n) is 14.1. The van der Waals surface area contributed by atoms with Crippen molar-refractivity contribution in [1.82, 2.24) is 0 Å². The van der Waals surface area contributed by atoms with E-state index in [1.54, 1.807) is 26.0 Å². The van der Waals surface area contributed by atoms with E-state index in [9.17, 15) is 9.59 Å². The second-order valence-electron chi connectivity index (χ2n) is 10.3. The molecule has 0 aliphatic rings. The standard InChI is InChI=1S/C30H51NO4/c1-6-8-9-10-11-12-13-14-15-16-17-18-19-25(3)31-27-22-20-26(21-23-27)28(32)35-30(4,5)29(33)34-24-7-2/h20-23,25,31H,6-19,24H2,1-5H3. The average Bonchev–Trinajstić information content (AvgIpc) is 2.83. The molecule has 0 saturated carbocycles. The molecule has 0 radical (unpaired) electrons. The summed E-state index contributed by atoms with van der Waals surface area (Å²) < 4.78 is 10.5. The van der Waals surface area contributed by atoms with E-state index in [0.29, 0.717) is 18.2 Å². The molecule has 200 valence electrons. The van der Waals surface area contributed by atoms with Crippen LogP contribution in [0.25, 0.3) is 0 Å². The highest BCUT2D eigenvalue weighted by Gasteiger charge is 2.34. The van der Waals surface area contributed by atoms with Crippen molar-refractivity contribution in [3.63, 3.8) is 0 Å². The third-order valence-corrected chi connectivity index (χ3v) is 6.30. The highest BCUT2D eigenvalue weighted by Crippen LogP contribution is 2.19. The number of hydrogen-bond donors (Lipinski definition) is 1. The molecular weight excluding hydrogens is 438 g/mol. The molecule has 0 spiro atoms. The molecule has 5 nitrogen and oxygen atoms in total. The number of carbonyl (C=O) groups excluding carboxylic acids is 2. The lowest BCUT2D eigenvalue weighted by Crippen LogP contribution is -2.39. The first kappa shape index (κ1) is 31.0. The summed E-state index contributed by atoms with van der Waals surface area (Å²) in [6.45, 7) is 9.81. The lowest BCUT2D eigenvalue weighted by atomic mass is 10.0. The number of benzene rings is 1. The van der Waals surface area contributed by atoms with Crippen LogP contribution >= 0.6 is 0 Å². The van der Waals surface area contributed by atoms with Gasteiger partial charge in [0.1, 0.15) is 0 Å². The highest BCUT2D eigenvalue weighted by atomic mass is 16.6. The Morgan fingerprint density at radius 1 is 0.800 bits per heavy atom. The fraction of sp³-hybridized carbons (Fsp3) is 0.733. The van der Waals surface area contributed by atoms with Gasteiger partial charge in [-0.2, -0.15) is 0 Å². The maximum Gasteiger partial charge on any atom is 0.350 e. The van der Waals surface area contributed by atoms with E-state index in [1.165, 1.54) is 77.0 Å². The number of carbonyl (C=O) groups is 2. The minimum Gasteiger partial charge on any atom is -0.463 e. The van der Waals surface area contributed by atoms with Gasteiger partial charge in [-0.05, 0) is 57.9 Å². The molecule has 1 rings (SSSR count). The van der Waals surface area contributed by atoms with Crippen molar-refractivity contribution < 1.29 is 19.1 Å². The largest absolute Gasteiger partial charge is 0.463 e. The monoisotopic (exact) mass is 489 g/mol. The van der Waals surface area contributed by atoms with Crippen LogP contribution in [0.1, 0.15) is 135 Å². The summed E-state index contributed by atoms with van der Waals surface area (Å²) in [5, 5.41) is 3.51. The molecule has 1 atom stereocenters. The quantitative estimate of drug-likeness (QED) is 0.147. The molecule has 1 unspecified atom stereocenters. The van der Waals surface area contributed by atoms with Gasteiger partial charge in [-0.15, -0.1) is 0 Å². The van der Waals surface area contributed by atoms with Gasteiger partial charge < -0.3 is 14.8 Å². The molecule has 0 fully saturated rings. The van der Waals surface area contributed by atoms with Crippen LogP contribution in [0.3, 0.4) is 0 Å². The van der Waals surface area contributed by atoms with Crippen molar-refractivity contribution in [2.45, 2.75) is 136 Å². The summed E-state index contributed by atoms with van der Waals surface area (Å²) in [7, 11) is 0. The van der Waals surface area contributed by atoms with Crippen molar-refractivity contribution >= 4 is 17.6 Å². The Bertz CT molecular complexity index is 699. The second-order valence-corrected chi connectivity index (χ2v) is 10.3. The average molecular weight is 490 g/mol. The van der Waals surface area contributed by atoms with Crippen molar-refractivity contribution in [2.24, 2.45) is 0 Å². The van der Waals surface area contributed by atoms with Gasteiger partial charge in [0.25, 0.3) is 0 Å². The zero-order chi connectivity index (χ0) is 25.9. The van der Waals surface area contributed by atoms with Crippen LogP contribution in [-0.2, 0) is 14.3 Å². The molecule has 1 N–H and O–H groups in total. The summed E-state index contributed by atoms with van der Waals surface area (Å²) in [5.74, 6) is -1.06. The summed E-state index contributed by atoms with van der Waals surface area (Å²) in [6, 6.07) is 7.61.